The first-order chi connectivity index (χ1) is 9.06. The van der Waals surface area contributed by atoms with Gasteiger partial charge in [0.1, 0.15) is 0 Å². The Morgan fingerprint density at radius 1 is 1.26 bits per heavy atom. The zero-order chi connectivity index (χ0) is 13.8. The minimum absolute atomic E-state index is 0.496. The van der Waals surface area contributed by atoms with Gasteiger partial charge in [-0.15, -0.1) is 11.3 Å². The first-order valence-corrected chi connectivity index (χ1v) is 8.04. The number of nitrogens with two attached hydrogens (primary N) is 1. The lowest BCUT2D eigenvalue weighted by atomic mass is 10.1. The van der Waals surface area contributed by atoms with E-state index in [-0.39, 0.29) is 0 Å². The van der Waals surface area contributed by atoms with Crippen molar-refractivity contribution in [3.8, 4) is 0 Å². The van der Waals surface area contributed by atoms with Crippen LogP contribution in [0.2, 0.25) is 0 Å². The Bertz CT molecular complexity index is 536. The second-order valence-corrected chi connectivity index (χ2v) is 6.79. The Morgan fingerprint density at radius 2 is 2.05 bits per heavy atom. The lowest BCUT2D eigenvalue weighted by molar-refractivity contribution is 0.205. The van der Waals surface area contributed by atoms with E-state index in [2.05, 4.69) is 58.3 Å². The third-order valence-corrected chi connectivity index (χ3v) is 5.02. The Morgan fingerprint density at radius 3 is 2.63 bits per heavy atom. The quantitative estimate of drug-likeness (QED) is 0.813. The minimum atomic E-state index is 0.496. The molecular formula is C15H19BrN2S. The third kappa shape index (κ3) is 4.06. The molecule has 102 valence electrons. The fraction of sp³-hybridized carbons (Fsp3) is 0.333. The summed E-state index contributed by atoms with van der Waals surface area (Å²) in [5.41, 5.74) is 7.94. The Hall–Kier alpha value is -0.840. The van der Waals surface area contributed by atoms with Gasteiger partial charge in [0, 0.05) is 34.2 Å². The van der Waals surface area contributed by atoms with Crippen molar-refractivity contribution in [3.63, 3.8) is 0 Å². The highest BCUT2D eigenvalue weighted by Crippen LogP contribution is 2.25. The predicted molar refractivity (Wildman–Crippen MR) is 87.3 cm³/mol. The van der Waals surface area contributed by atoms with Gasteiger partial charge in [-0.05, 0) is 58.9 Å². The van der Waals surface area contributed by atoms with Crippen LogP contribution >= 0.6 is 27.3 Å². The van der Waals surface area contributed by atoms with E-state index < -0.39 is 0 Å². The average Bonchev–Trinajstić information content (AvgIpc) is 2.74. The summed E-state index contributed by atoms with van der Waals surface area (Å²) in [6.07, 6.45) is 0. The van der Waals surface area contributed by atoms with Crippen LogP contribution in [0.4, 0.5) is 5.69 Å². The minimum Gasteiger partial charge on any atom is -0.399 e. The van der Waals surface area contributed by atoms with Crippen molar-refractivity contribution in [1.29, 1.82) is 0 Å². The van der Waals surface area contributed by atoms with Crippen LogP contribution in [0.1, 0.15) is 24.3 Å². The lowest BCUT2D eigenvalue weighted by Gasteiger charge is -2.26. The van der Waals surface area contributed by atoms with E-state index in [9.17, 15) is 0 Å². The molecule has 0 aliphatic heterocycles. The fourth-order valence-electron chi connectivity index (χ4n) is 1.97. The molecule has 0 unspecified atom stereocenters. The Balaban J connectivity index is 2.11. The zero-order valence-electron chi connectivity index (χ0n) is 11.3. The topological polar surface area (TPSA) is 29.3 Å². The molecule has 0 aliphatic rings. The molecule has 4 heteroatoms. The maximum atomic E-state index is 5.85. The van der Waals surface area contributed by atoms with Gasteiger partial charge < -0.3 is 5.73 Å². The van der Waals surface area contributed by atoms with Crippen molar-refractivity contribution >= 4 is 33.0 Å². The Labute approximate surface area is 127 Å². The van der Waals surface area contributed by atoms with Crippen LogP contribution in [0.15, 0.2) is 40.2 Å². The molecule has 0 aliphatic carbocycles. The monoisotopic (exact) mass is 338 g/mol. The third-order valence-electron chi connectivity index (χ3n) is 3.10. The van der Waals surface area contributed by atoms with E-state index in [0.717, 1.165) is 18.8 Å². The smallest absolute Gasteiger partial charge is 0.0345 e. The number of rotatable bonds is 5. The largest absolute Gasteiger partial charge is 0.399 e. The molecule has 2 rings (SSSR count). The molecule has 1 heterocycles. The van der Waals surface area contributed by atoms with Crippen LogP contribution in [0.25, 0.3) is 0 Å². The van der Waals surface area contributed by atoms with Gasteiger partial charge in [-0.25, -0.2) is 0 Å². The molecule has 1 aromatic carbocycles. The molecule has 1 aromatic heterocycles. The number of thiophene rings is 1. The maximum Gasteiger partial charge on any atom is 0.0345 e. The second-order valence-electron chi connectivity index (χ2n) is 4.94. The number of benzene rings is 1. The van der Waals surface area contributed by atoms with E-state index in [4.69, 9.17) is 5.73 Å². The highest BCUT2D eigenvalue weighted by molar-refractivity contribution is 9.10. The molecule has 0 fully saturated rings. The summed E-state index contributed by atoms with van der Waals surface area (Å²) in [7, 11) is 0. The molecule has 0 spiro atoms. The molecule has 0 saturated heterocycles. The number of nitrogen functional groups attached to an aromatic ring is 1. The molecule has 2 aromatic rings. The predicted octanol–water partition coefficient (Wildman–Crippen LogP) is 4.50. The first kappa shape index (κ1) is 14.6. The summed E-state index contributed by atoms with van der Waals surface area (Å²) in [5, 5.41) is 2.12. The average molecular weight is 339 g/mol. The lowest BCUT2D eigenvalue weighted by Crippen LogP contribution is -2.29. The van der Waals surface area contributed by atoms with E-state index in [1.165, 1.54) is 14.9 Å². The van der Waals surface area contributed by atoms with Gasteiger partial charge >= 0.3 is 0 Å². The standard InChI is InChI=1S/C15H19BrN2S/c1-11(2)18(10-15-14(16)6-7-19-15)9-12-4-3-5-13(17)8-12/h3-8,11H,9-10,17H2,1-2H3. The summed E-state index contributed by atoms with van der Waals surface area (Å²) in [6, 6.07) is 10.7. The van der Waals surface area contributed by atoms with Gasteiger partial charge in [0.25, 0.3) is 0 Å². The molecule has 19 heavy (non-hydrogen) atoms. The van der Waals surface area contributed by atoms with Crippen molar-refractivity contribution in [3.05, 3.63) is 50.6 Å². The number of nitrogens with zero attached hydrogens (tertiary/aromatic N) is 1. The molecule has 2 N–H and O–H groups in total. The molecule has 0 amide bonds. The molecule has 0 saturated carbocycles. The van der Waals surface area contributed by atoms with Crippen LogP contribution in [0.3, 0.4) is 0 Å². The van der Waals surface area contributed by atoms with Crippen LogP contribution in [0, 0.1) is 0 Å². The highest BCUT2D eigenvalue weighted by atomic mass is 79.9. The number of anilines is 1. The first-order valence-electron chi connectivity index (χ1n) is 6.36. The van der Waals surface area contributed by atoms with E-state index >= 15 is 0 Å². The van der Waals surface area contributed by atoms with Crippen LogP contribution in [-0.2, 0) is 13.1 Å². The van der Waals surface area contributed by atoms with Crippen LogP contribution in [-0.4, -0.2) is 10.9 Å². The summed E-state index contributed by atoms with van der Waals surface area (Å²) in [6.45, 7) is 6.35. The molecule has 0 bridgehead atoms. The molecule has 2 nitrogen and oxygen atoms in total. The van der Waals surface area contributed by atoms with Gasteiger partial charge in [0.2, 0.25) is 0 Å². The number of hydrogen-bond acceptors (Lipinski definition) is 3. The molecular weight excluding hydrogens is 320 g/mol. The Kier molecular flexibility index (Phi) is 5.02. The van der Waals surface area contributed by atoms with Gasteiger partial charge in [0.15, 0.2) is 0 Å². The van der Waals surface area contributed by atoms with Gasteiger partial charge in [0.05, 0.1) is 0 Å². The molecule has 0 radical (unpaired) electrons. The van der Waals surface area contributed by atoms with E-state index in [1.807, 2.05) is 12.1 Å². The fourth-order valence-corrected chi connectivity index (χ4v) is 3.47. The van der Waals surface area contributed by atoms with Crippen molar-refractivity contribution in [1.82, 2.24) is 4.90 Å². The number of halogens is 1. The van der Waals surface area contributed by atoms with Crippen LogP contribution in [0.5, 0.6) is 0 Å². The molecule has 0 atom stereocenters. The summed E-state index contributed by atoms with van der Waals surface area (Å²) < 4.78 is 1.20. The van der Waals surface area contributed by atoms with Crippen molar-refractivity contribution in [2.24, 2.45) is 0 Å². The van der Waals surface area contributed by atoms with Gasteiger partial charge in [-0.1, -0.05) is 12.1 Å². The van der Waals surface area contributed by atoms with E-state index in [0.29, 0.717) is 6.04 Å². The highest BCUT2D eigenvalue weighted by Gasteiger charge is 2.13. The van der Waals surface area contributed by atoms with Gasteiger partial charge in [-0.3, -0.25) is 4.90 Å². The maximum absolute atomic E-state index is 5.85. The number of hydrogen-bond donors (Lipinski definition) is 1. The second kappa shape index (κ2) is 6.55. The summed E-state index contributed by atoms with van der Waals surface area (Å²) in [5.74, 6) is 0. The normalized spacial score (nSPS) is 11.4. The summed E-state index contributed by atoms with van der Waals surface area (Å²) >= 11 is 5.40. The van der Waals surface area contributed by atoms with Crippen LogP contribution < -0.4 is 5.73 Å². The van der Waals surface area contributed by atoms with E-state index in [1.54, 1.807) is 11.3 Å². The van der Waals surface area contributed by atoms with Gasteiger partial charge in [-0.2, -0.15) is 0 Å². The van der Waals surface area contributed by atoms with Crippen molar-refractivity contribution in [2.75, 3.05) is 5.73 Å². The van der Waals surface area contributed by atoms with Crippen molar-refractivity contribution < 1.29 is 0 Å². The zero-order valence-corrected chi connectivity index (χ0v) is 13.7. The summed E-state index contributed by atoms with van der Waals surface area (Å²) in [4.78, 5) is 3.82. The van der Waals surface area contributed by atoms with Crippen molar-refractivity contribution in [2.45, 2.75) is 33.0 Å². The SMILES string of the molecule is CC(C)N(Cc1cccc(N)c1)Cc1sccc1Br.